The van der Waals surface area contributed by atoms with Crippen molar-refractivity contribution in [3.63, 3.8) is 0 Å². The SMILES string of the molecule is NC1=N[C@H](c2ccccc2)N=C(Nc2ccc(Cl)cc2)N1. The largest absolute Gasteiger partial charge is 0.370 e. The van der Waals surface area contributed by atoms with Crippen LogP contribution in [0.3, 0.4) is 0 Å². The third-order valence-electron chi connectivity index (χ3n) is 2.96. The molecule has 4 N–H and O–H groups in total. The minimum atomic E-state index is -0.345. The molecule has 1 atom stereocenters. The quantitative estimate of drug-likeness (QED) is 0.798. The van der Waals surface area contributed by atoms with Gasteiger partial charge in [0.25, 0.3) is 0 Å². The van der Waals surface area contributed by atoms with Crippen molar-refractivity contribution < 1.29 is 0 Å². The van der Waals surface area contributed by atoms with Crippen LogP contribution in [0, 0.1) is 0 Å². The van der Waals surface area contributed by atoms with Gasteiger partial charge in [-0.3, -0.25) is 5.32 Å². The molecule has 0 saturated carbocycles. The number of hydrogen-bond acceptors (Lipinski definition) is 5. The van der Waals surface area contributed by atoms with Gasteiger partial charge in [0.15, 0.2) is 12.1 Å². The van der Waals surface area contributed by atoms with Crippen molar-refractivity contribution >= 4 is 29.2 Å². The zero-order chi connectivity index (χ0) is 14.7. The maximum Gasteiger partial charge on any atom is 0.205 e. The number of nitrogens with zero attached hydrogens (tertiary/aromatic N) is 2. The van der Waals surface area contributed by atoms with Crippen molar-refractivity contribution in [1.82, 2.24) is 5.32 Å². The summed E-state index contributed by atoms with van der Waals surface area (Å²) >= 11 is 5.87. The predicted molar refractivity (Wildman–Crippen MR) is 86.5 cm³/mol. The Bertz CT molecular complexity index is 679. The molecule has 0 amide bonds. The maximum atomic E-state index is 5.87. The summed E-state index contributed by atoms with van der Waals surface area (Å²) in [6.07, 6.45) is -0.345. The Kier molecular flexibility index (Phi) is 3.75. The molecule has 0 aliphatic carbocycles. The molecule has 2 aromatic carbocycles. The highest BCUT2D eigenvalue weighted by atomic mass is 35.5. The van der Waals surface area contributed by atoms with E-state index in [2.05, 4.69) is 20.6 Å². The zero-order valence-electron chi connectivity index (χ0n) is 11.1. The third kappa shape index (κ3) is 3.32. The number of nitrogens with two attached hydrogens (primary N) is 1. The molecule has 0 bridgehead atoms. The fraction of sp³-hybridized carbons (Fsp3) is 0.0667. The molecule has 106 valence electrons. The Morgan fingerprint density at radius 1 is 1.00 bits per heavy atom. The van der Waals surface area contributed by atoms with Crippen molar-refractivity contribution in [2.24, 2.45) is 15.7 Å². The van der Waals surface area contributed by atoms with Crippen LogP contribution in [0.4, 0.5) is 5.69 Å². The summed E-state index contributed by atoms with van der Waals surface area (Å²) in [6, 6.07) is 17.1. The van der Waals surface area contributed by atoms with E-state index >= 15 is 0 Å². The smallest absolute Gasteiger partial charge is 0.205 e. The van der Waals surface area contributed by atoms with Gasteiger partial charge in [0, 0.05) is 10.7 Å². The second kappa shape index (κ2) is 5.85. The molecule has 0 fully saturated rings. The Balaban J connectivity index is 1.82. The summed E-state index contributed by atoms with van der Waals surface area (Å²) in [5.74, 6) is 0.883. The van der Waals surface area contributed by atoms with Gasteiger partial charge in [-0.15, -0.1) is 0 Å². The number of benzene rings is 2. The molecule has 0 unspecified atom stereocenters. The van der Waals surface area contributed by atoms with Gasteiger partial charge in [0.2, 0.25) is 5.96 Å². The fourth-order valence-corrected chi connectivity index (χ4v) is 2.10. The third-order valence-corrected chi connectivity index (χ3v) is 3.22. The molecular formula is C15H14ClN5. The van der Waals surface area contributed by atoms with Crippen LogP contribution in [0.1, 0.15) is 11.7 Å². The Labute approximate surface area is 127 Å². The molecular weight excluding hydrogens is 286 g/mol. The lowest BCUT2D eigenvalue weighted by Crippen LogP contribution is -2.43. The van der Waals surface area contributed by atoms with Gasteiger partial charge < -0.3 is 11.1 Å². The van der Waals surface area contributed by atoms with Crippen LogP contribution in [0.25, 0.3) is 0 Å². The highest BCUT2D eigenvalue weighted by Crippen LogP contribution is 2.21. The number of hydrogen-bond donors (Lipinski definition) is 3. The lowest BCUT2D eigenvalue weighted by Gasteiger charge is -2.20. The Morgan fingerprint density at radius 2 is 1.71 bits per heavy atom. The summed E-state index contributed by atoms with van der Waals surface area (Å²) in [6.45, 7) is 0. The molecule has 5 nitrogen and oxygen atoms in total. The summed E-state index contributed by atoms with van der Waals surface area (Å²) in [4.78, 5) is 8.81. The average molecular weight is 300 g/mol. The van der Waals surface area contributed by atoms with E-state index in [0.29, 0.717) is 16.9 Å². The van der Waals surface area contributed by atoms with Crippen molar-refractivity contribution in [2.75, 3.05) is 5.32 Å². The van der Waals surface area contributed by atoms with E-state index < -0.39 is 0 Å². The Hall–Kier alpha value is -2.53. The lowest BCUT2D eigenvalue weighted by atomic mass is 10.2. The minimum Gasteiger partial charge on any atom is -0.370 e. The van der Waals surface area contributed by atoms with Crippen LogP contribution >= 0.6 is 11.6 Å². The summed E-state index contributed by atoms with van der Waals surface area (Å²) < 4.78 is 0. The summed E-state index contributed by atoms with van der Waals surface area (Å²) in [5.41, 5.74) is 7.68. The predicted octanol–water partition coefficient (Wildman–Crippen LogP) is 2.72. The van der Waals surface area contributed by atoms with Gasteiger partial charge in [-0.25, -0.2) is 9.98 Å². The molecule has 0 saturated heterocycles. The summed E-state index contributed by atoms with van der Waals surface area (Å²) in [7, 11) is 0. The minimum absolute atomic E-state index is 0.329. The van der Waals surface area contributed by atoms with Crippen molar-refractivity contribution in [2.45, 2.75) is 6.17 Å². The van der Waals surface area contributed by atoms with E-state index in [0.717, 1.165) is 11.3 Å². The Morgan fingerprint density at radius 3 is 2.43 bits per heavy atom. The van der Waals surface area contributed by atoms with E-state index in [1.54, 1.807) is 12.1 Å². The number of aliphatic imine (C=N–C) groups is 2. The van der Waals surface area contributed by atoms with Gasteiger partial charge in [-0.1, -0.05) is 41.9 Å². The number of nitrogens with one attached hydrogen (secondary N) is 2. The van der Waals surface area contributed by atoms with Crippen LogP contribution in [-0.4, -0.2) is 11.9 Å². The van der Waals surface area contributed by atoms with Gasteiger partial charge >= 0.3 is 0 Å². The van der Waals surface area contributed by atoms with Gasteiger partial charge in [0.1, 0.15) is 0 Å². The monoisotopic (exact) mass is 299 g/mol. The summed E-state index contributed by atoms with van der Waals surface area (Å²) in [5, 5.41) is 6.75. The van der Waals surface area contributed by atoms with Crippen LogP contribution < -0.4 is 16.4 Å². The number of halogens is 1. The first-order chi connectivity index (χ1) is 10.2. The number of anilines is 1. The number of guanidine groups is 2. The second-order valence-electron chi connectivity index (χ2n) is 4.53. The van der Waals surface area contributed by atoms with E-state index in [1.807, 2.05) is 42.5 Å². The van der Waals surface area contributed by atoms with E-state index in [1.165, 1.54) is 0 Å². The number of rotatable bonds is 2. The normalized spacial score (nSPS) is 17.5. The molecule has 0 spiro atoms. The molecule has 21 heavy (non-hydrogen) atoms. The molecule has 1 heterocycles. The molecule has 1 aliphatic rings. The van der Waals surface area contributed by atoms with E-state index in [-0.39, 0.29) is 6.17 Å². The van der Waals surface area contributed by atoms with Crippen molar-refractivity contribution in [3.8, 4) is 0 Å². The first-order valence-electron chi connectivity index (χ1n) is 6.46. The second-order valence-corrected chi connectivity index (χ2v) is 4.97. The van der Waals surface area contributed by atoms with Crippen molar-refractivity contribution in [3.05, 3.63) is 65.2 Å². The first-order valence-corrected chi connectivity index (χ1v) is 6.84. The average Bonchev–Trinajstić information content (AvgIpc) is 2.50. The van der Waals surface area contributed by atoms with Crippen LogP contribution in [-0.2, 0) is 0 Å². The van der Waals surface area contributed by atoms with E-state index in [4.69, 9.17) is 17.3 Å². The first kappa shape index (κ1) is 13.5. The highest BCUT2D eigenvalue weighted by Gasteiger charge is 2.16. The van der Waals surface area contributed by atoms with Gasteiger partial charge in [0.05, 0.1) is 0 Å². The van der Waals surface area contributed by atoms with Crippen molar-refractivity contribution in [1.29, 1.82) is 0 Å². The highest BCUT2D eigenvalue weighted by molar-refractivity contribution is 6.30. The molecule has 2 aromatic rings. The van der Waals surface area contributed by atoms with Crippen LogP contribution in [0.2, 0.25) is 5.02 Å². The van der Waals surface area contributed by atoms with Crippen LogP contribution in [0.15, 0.2) is 64.6 Å². The molecule has 1 aliphatic heterocycles. The lowest BCUT2D eigenvalue weighted by molar-refractivity contribution is 0.751. The fourth-order valence-electron chi connectivity index (χ4n) is 1.98. The molecule has 0 aromatic heterocycles. The zero-order valence-corrected chi connectivity index (χ0v) is 11.9. The van der Waals surface area contributed by atoms with Crippen LogP contribution in [0.5, 0.6) is 0 Å². The van der Waals surface area contributed by atoms with Gasteiger partial charge in [-0.05, 0) is 29.8 Å². The topological polar surface area (TPSA) is 74.8 Å². The standard InChI is InChI=1S/C15H14ClN5/c16-11-6-8-12(9-7-11)18-15-20-13(19-14(17)21-15)10-4-2-1-3-5-10/h1-9,13H,(H4,17,18,19,20,21)/t13-/m0/s1. The van der Waals surface area contributed by atoms with E-state index in [9.17, 15) is 0 Å². The molecule has 0 radical (unpaired) electrons. The maximum absolute atomic E-state index is 5.87. The molecule has 6 heteroatoms. The molecule has 3 rings (SSSR count). The van der Waals surface area contributed by atoms with Gasteiger partial charge in [-0.2, -0.15) is 0 Å².